The van der Waals surface area contributed by atoms with E-state index in [9.17, 15) is 4.79 Å². The van der Waals surface area contributed by atoms with E-state index in [2.05, 4.69) is 15.4 Å². The average molecular weight is 185 g/mol. The number of aliphatic carboxylic acids is 1. The molecule has 0 aromatic carbocycles. The number of hydrogen-bond donors (Lipinski definition) is 2. The van der Waals surface area contributed by atoms with Crippen molar-refractivity contribution in [3.8, 4) is 0 Å². The second-order valence-electron chi connectivity index (χ2n) is 2.70. The lowest BCUT2D eigenvalue weighted by atomic mass is 10.2. The highest BCUT2D eigenvalue weighted by molar-refractivity contribution is 5.68. The Morgan fingerprint density at radius 3 is 3.15 bits per heavy atom. The molecule has 1 aromatic rings. The molecule has 0 fully saturated rings. The Hall–Kier alpha value is -1.43. The number of aromatic nitrogens is 3. The molecule has 1 atom stereocenters. The molecule has 0 radical (unpaired) electrons. The van der Waals surface area contributed by atoms with Gasteiger partial charge in [0, 0.05) is 6.42 Å². The zero-order valence-electron chi connectivity index (χ0n) is 7.23. The Morgan fingerprint density at radius 2 is 2.62 bits per heavy atom. The van der Waals surface area contributed by atoms with Crippen molar-refractivity contribution in [3.05, 3.63) is 11.9 Å². The zero-order chi connectivity index (χ0) is 9.68. The monoisotopic (exact) mass is 185 g/mol. The van der Waals surface area contributed by atoms with Crippen LogP contribution in [0.25, 0.3) is 0 Å². The van der Waals surface area contributed by atoms with Gasteiger partial charge < -0.3 is 9.84 Å². The molecule has 0 saturated carbocycles. The molecule has 0 amide bonds. The minimum absolute atomic E-state index is 0.154. The third-order valence-electron chi connectivity index (χ3n) is 1.46. The normalized spacial score (nSPS) is 12.7. The van der Waals surface area contributed by atoms with Crippen molar-refractivity contribution in [2.24, 2.45) is 0 Å². The van der Waals surface area contributed by atoms with Crippen LogP contribution in [-0.2, 0) is 16.0 Å². The lowest BCUT2D eigenvalue weighted by molar-refractivity contribution is -0.144. The van der Waals surface area contributed by atoms with E-state index in [-0.39, 0.29) is 12.7 Å². The fourth-order valence-electron chi connectivity index (χ4n) is 0.901. The zero-order valence-corrected chi connectivity index (χ0v) is 7.23. The topological polar surface area (TPSA) is 88.1 Å². The smallest absolute Gasteiger partial charge is 0.329 e. The van der Waals surface area contributed by atoms with Crippen LogP contribution in [0.5, 0.6) is 0 Å². The van der Waals surface area contributed by atoms with Crippen LogP contribution in [0.15, 0.2) is 6.20 Å². The molecule has 13 heavy (non-hydrogen) atoms. The number of aromatic amines is 1. The first-order valence-electron chi connectivity index (χ1n) is 3.87. The van der Waals surface area contributed by atoms with Gasteiger partial charge in [-0.15, -0.1) is 5.10 Å². The minimum atomic E-state index is -0.963. The number of carboxylic acids is 1. The van der Waals surface area contributed by atoms with Crippen LogP contribution in [-0.4, -0.2) is 39.2 Å². The Bertz CT molecular complexity index is 260. The van der Waals surface area contributed by atoms with Crippen molar-refractivity contribution < 1.29 is 14.6 Å². The first-order chi connectivity index (χ1) is 6.18. The van der Waals surface area contributed by atoms with E-state index in [0.29, 0.717) is 6.42 Å². The van der Waals surface area contributed by atoms with Crippen molar-refractivity contribution in [3.63, 3.8) is 0 Å². The molecule has 0 saturated heterocycles. The second kappa shape index (κ2) is 4.56. The molecule has 1 rings (SSSR count). The van der Waals surface area contributed by atoms with E-state index >= 15 is 0 Å². The SMILES string of the molecule is CC(Cc1cnn[nH]1)OCC(=O)O. The summed E-state index contributed by atoms with van der Waals surface area (Å²) in [6, 6.07) is 0. The van der Waals surface area contributed by atoms with E-state index in [1.165, 1.54) is 0 Å². The van der Waals surface area contributed by atoms with Gasteiger partial charge in [0.05, 0.1) is 18.0 Å². The average Bonchev–Trinajstić information content (AvgIpc) is 2.53. The lowest BCUT2D eigenvalue weighted by Crippen LogP contribution is -2.17. The number of ether oxygens (including phenoxy) is 1. The van der Waals surface area contributed by atoms with Gasteiger partial charge in [0.1, 0.15) is 6.61 Å². The van der Waals surface area contributed by atoms with Crippen LogP contribution >= 0.6 is 0 Å². The van der Waals surface area contributed by atoms with Crippen LogP contribution in [0.1, 0.15) is 12.6 Å². The summed E-state index contributed by atoms with van der Waals surface area (Å²) < 4.78 is 5.00. The van der Waals surface area contributed by atoms with Crippen LogP contribution in [0.3, 0.4) is 0 Å². The number of rotatable bonds is 5. The molecule has 72 valence electrons. The molecule has 1 heterocycles. The van der Waals surface area contributed by atoms with E-state index in [1.54, 1.807) is 13.1 Å². The molecule has 6 nitrogen and oxygen atoms in total. The fraction of sp³-hybridized carbons (Fsp3) is 0.571. The summed E-state index contributed by atoms with van der Waals surface area (Å²) in [4.78, 5) is 10.1. The first kappa shape index (κ1) is 9.66. The molecule has 0 aliphatic rings. The molecular weight excluding hydrogens is 174 g/mol. The predicted molar refractivity (Wildman–Crippen MR) is 43.1 cm³/mol. The third kappa shape index (κ3) is 3.66. The van der Waals surface area contributed by atoms with Crippen molar-refractivity contribution in [2.45, 2.75) is 19.4 Å². The van der Waals surface area contributed by atoms with Gasteiger partial charge in [-0.3, -0.25) is 5.10 Å². The first-order valence-corrected chi connectivity index (χ1v) is 3.87. The largest absolute Gasteiger partial charge is 0.480 e. The van der Waals surface area contributed by atoms with Gasteiger partial charge in [-0.05, 0) is 6.92 Å². The van der Waals surface area contributed by atoms with Gasteiger partial charge in [0.25, 0.3) is 0 Å². The maximum atomic E-state index is 10.1. The third-order valence-corrected chi connectivity index (χ3v) is 1.46. The number of carbonyl (C=O) groups is 1. The number of nitrogens with zero attached hydrogens (tertiary/aromatic N) is 2. The van der Waals surface area contributed by atoms with Crippen molar-refractivity contribution in [1.29, 1.82) is 0 Å². The van der Waals surface area contributed by atoms with Crippen LogP contribution in [0.4, 0.5) is 0 Å². The Labute approximate surface area is 74.9 Å². The van der Waals surface area contributed by atoms with Crippen molar-refractivity contribution >= 4 is 5.97 Å². The molecule has 0 spiro atoms. The highest BCUT2D eigenvalue weighted by Gasteiger charge is 2.07. The fourth-order valence-corrected chi connectivity index (χ4v) is 0.901. The molecule has 6 heteroatoms. The molecule has 0 aliphatic heterocycles. The van der Waals surface area contributed by atoms with Gasteiger partial charge in [-0.25, -0.2) is 4.79 Å². The predicted octanol–water partition coefficient (Wildman–Crippen LogP) is -0.163. The Morgan fingerprint density at radius 1 is 1.85 bits per heavy atom. The second-order valence-corrected chi connectivity index (χ2v) is 2.70. The highest BCUT2D eigenvalue weighted by atomic mass is 16.5. The highest BCUT2D eigenvalue weighted by Crippen LogP contribution is 2.00. The summed E-state index contributed by atoms with van der Waals surface area (Å²) in [5.41, 5.74) is 0.831. The van der Waals surface area contributed by atoms with E-state index < -0.39 is 5.97 Å². The summed E-state index contributed by atoms with van der Waals surface area (Å²) in [6.45, 7) is 1.52. The molecule has 0 bridgehead atoms. The van der Waals surface area contributed by atoms with E-state index in [1.807, 2.05) is 0 Å². The molecule has 0 aliphatic carbocycles. The minimum Gasteiger partial charge on any atom is -0.480 e. The number of nitrogens with one attached hydrogen (secondary N) is 1. The van der Waals surface area contributed by atoms with Crippen LogP contribution in [0.2, 0.25) is 0 Å². The maximum Gasteiger partial charge on any atom is 0.329 e. The number of H-pyrrole nitrogens is 1. The van der Waals surface area contributed by atoms with Gasteiger partial charge in [-0.1, -0.05) is 5.21 Å². The van der Waals surface area contributed by atoms with Crippen molar-refractivity contribution in [1.82, 2.24) is 15.4 Å². The van der Waals surface area contributed by atoms with Crippen LogP contribution in [0, 0.1) is 0 Å². The number of hydrogen-bond acceptors (Lipinski definition) is 4. The summed E-state index contributed by atoms with van der Waals surface area (Å²) in [7, 11) is 0. The Balaban J connectivity index is 2.25. The number of carboxylic acid groups (broad SMARTS) is 1. The van der Waals surface area contributed by atoms with E-state index in [4.69, 9.17) is 9.84 Å². The van der Waals surface area contributed by atoms with E-state index in [0.717, 1.165) is 5.69 Å². The summed E-state index contributed by atoms with van der Waals surface area (Å²) in [5, 5.41) is 18.1. The molecular formula is C7H11N3O3. The molecule has 2 N–H and O–H groups in total. The lowest BCUT2D eigenvalue weighted by Gasteiger charge is -2.08. The summed E-state index contributed by atoms with van der Waals surface area (Å²) in [6.07, 6.45) is 2.01. The maximum absolute atomic E-state index is 10.1. The van der Waals surface area contributed by atoms with Gasteiger partial charge >= 0.3 is 5.97 Å². The molecule has 1 aromatic heterocycles. The Kier molecular flexibility index (Phi) is 3.39. The summed E-state index contributed by atoms with van der Waals surface area (Å²) in [5.74, 6) is -0.963. The van der Waals surface area contributed by atoms with Gasteiger partial charge in [0.15, 0.2) is 0 Å². The standard InChI is InChI=1S/C7H11N3O3/c1-5(13-4-7(11)12)2-6-3-8-10-9-6/h3,5H,2,4H2,1H3,(H,11,12)(H,8,9,10). The van der Waals surface area contributed by atoms with Crippen molar-refractivity contribution in [2.75, 3.05) is 6.61 Å². The molecule has 1 unspecified atom stereocenters. The quantitative estimate of drug-likeness (QED) is 0.665. The summed E-state index contributed by atoms with van der Waals surface area (Å²) >= 11 is 0. The van der Waals surface area contributed by atoms with Gasteiger partial charge in [-0.2, -0.15) is 0 Å². The van der Waals surface area contributed by atoms with Crippen LogP contribution < -0.4 is 0 Å². The van der Waals surface area contributed by atoms with Gasteiger partial charge in [0.2, 0.25) is 0 Å².